The Balaban J connectivity index is 1.77. The van der Waals surface area contributed by atoms with E-state index in [9.17, 15) is 9.59 Å². The average Bonchev–Trinajstić information content (AvgIpc) is 3.11. The van der Waals surface area contributed by atoms with Gasteiger partial charge in [0.15, 0.2) is 5.43 Å². The number of halogens is 1. The molecule has 0 aliphatic carbocycles. The minimum atomic E-state index is -0.622. The Kier molecular flexibility index (Phi) is 5.36. The fourth-order valence-electron chi connectivity index (χ4n) is 4.45. The molecule has 1 amide bonds. The third kappa shape index (κ3) is 3.62. The van der Waals surface area contributed by atoms with Crippen LogP contribution in [-0.4, -0.2) is 13.0 Å². The quantitative estimate of drug-likeness (QED) is 0.306. The van der Waals surface area contributed by atoms with Gasteiger partial charge in [-0.2, -0.15) is 0 Å². The second kappa shape index (κ2) is 8.13. The first-order valence-corrected chi connectivity index (χ1v) is 11.8. The molecule has 172 valence electrons. The van der Waals surface area contributed by atoms with Crippen molar-refractivity contribution in [2.75, 3.05) is 12.0 Å². The molecule has 1 atom stereocenters. The molecule has 5 rings (SSSR count). The average molecular weight is 518 g/mol. The fourth-order valence-corrected chi connectivity index (χ4v) is 4.81. The summed E-state index contributed by atoms with van der Waals surface area (Å²) in [6.07, 6.45) is 0. The van der Waals surface area contributed by atoms with Crippen LogP contribution in [0.25, 0.3) is 11.0 Å². The van der Waals surface area contributed by atoms with Gasteiger partial charge in [0.1, 0.15) is 11.3 Å². The molecule has 0 saturated heterocycles. The number of nitrogens with zero attached hydrogens (tertiary/aromatic N) is 1. The van der Waals surface area contributed by atoms with Crippen LogP contribution in [-0.2, 0) is 5.41 Å². The number of anilines is 1. The molecule has 1 aliphatic rings. The van der Waals surface area contributed by atoms with Crippen LogP contribution in [0.4, 0.5) is 5.69 Å². The smallest absolute Gasteiger partial charge is 0.295 e. The van der Waals surface area contributed by atoms with Gasteiger partial charge in [0.2, 0.25) is 5.76 Å². The van der Waals surface area contributed by atoms with Gasteiger partial charge >= 0.3 is 0 Å². The summed E-state index contributed by atoms with van der Waals surface area (Å²) < 4.78 is 12.2. The maximum absolute atomic E-state index is 13.7. The van der Waals surface area contributed by atoms with Gasteiger partial charge in [0.05, 0.1) is 24.1 Å². The van der Waals surface area contributed by atoms with Gasteiger partial charge in [-0.05, 0) is 46.9 Å². The summed E-state index contributed by atoms with van der Waals surface area (Å²) >= 11 is 3.44. The van der Waals surface area contributed by atoms with E-state index in [0.29, 0.717) is 28.0 Å². The van der Waals surface area contributed by atoms with Gasteiger partial charge in [-0.1, -0.05) is 67.0 Å². The third-order valence-corrected chi connectivity index (χ3v) is 6.75. The molecule has 0 saturated carbocycles. The van der Waals surface area contributed by atoms with Gasteiger partial charge in [0.25, 0.3) is 5.91 Å². The molecule has 5 nitrogen and oxygen atoms in total. The lowest BCUT2D eigenvalue weighted by Gasteiger charge is -2.26. The largest absolute Gasteiger partial charge is 0.497 e. The molecule has 0 fully saturated rings. The topological polar surface area (TPSA) is 59.8 Å². The zero-order chi connectivity index (χ0) is 24.2. The van der Waals surface area contributed by atoms with Crippen molar-refractivity contribution in [3.8, 4) is 5.75 Å². The van der Waals surface area contributed by atoms with E-state index in [1.807, 2.05) is 30.3 Å². The molecule has 0 spiro atoms. The Morgan fingerprint density at radius 2 is 1.71 bits per heavy atom. The molecule has 2 heterocycles. The summed E-state index contributed by atoms with van der Waals surface area (Å²) in [6, 6.07) is 20.0. The Morgan fingerprint density at radius 3 is 2.38 bits per heavy atom. The monoisotopic (exact) mass is 517 g/mol. The molecular formula is C28H24BrNO4. The predicted octanol–water partition coefficient (Wildman–Crippen LogP) is 6.61. The van der Waals surface area contributed by atoms with Crippen LogP contribution in [0.1, 0.15) is 54.1 Å². The maximum Gasteiger partial charge on any atom is 0.295 e. The lowest BCUT2D eigenvalue weighted by Crippen LogP contribution is -2.29. The highest BCUT2D eigenvalue weighted by molar-refractivity contribution is 9.10. The molecule has 0 N–H and O–H groups in total. The minimum absolute atomic E-state index is 0.0179. The van der Waals surface area contributed by atoms with Crippen molar-refractivity contribution in [3.63, 3.8) is 0 Å². The van der Waals surface area contributed by atoms with E-state index in [2.05, 4.69) is 48.8 Å². The zero-order valence-corrected chi connectivity index (χ0v) is 21.0. The first kappa shape index (κ1) is 22.4. The lowest BCUT2D eigenvalue weighted by atomic mass is 9.86. The van der Waals surface area contributed by atoms with Crippen molar-refractivity contribution in [3.05, 3.63) is 104 Å². The van der Waals surface area contributed by atoms with Crippen LogP contribution >= 0.6 is 15.9 Å². The highest BCUT2D eigenvalue weighted by Crippen LogP contribution is 2.42. The molecule has 1 aromatic heterocycles. The van der Waals surface area contributed by atoms with Crippen LogP contribution in [0, 0.1) is 0 Å². The predicted molar refractivity (Wildman–Crippen MR) is 137 cm³/mol. The first-order valence-electron chi connectivity index (χ1n) is 11.0. The van der Waals surface area contributed by atoms with Crippen molar-refractivity contribution in [2.24, 2.45) is 0 Å². The molecule has 0 radical (unpaired) electrons. The summed E-state index contributed by atoms with van der Waals surface area (Å²) in [4.78, 5) is 29.1. The van der Waals surface area contributed by atoms with Crippen LogP contribution < -0.4 is 15.1 Å². The summed E-state index contributed by atoms with van der Waals surface area (Å²) in [6.45, 7) is 6.45. The molecule has 1 unspecified atom stereocenters. The number of fused-ring (bicyclic) bond motifs is 2. The fraction of sp³-hybridized carbons (Fsp3) is 0.214. The summed E-state index contributed by atoms with van der Waals surface area (Å²) in [5, 5.41) is 0.435. The Morgan fingerprint density at radius 1 is 0.971 bits per heavy atom. The number of methoxy groups -OCH3 is 1. The molecular weight excluding hydrogens is 494 g/mol. The molecule has 3 aromatic carbocycles. The number of carbonyl (C=O) groups excluding carboxylic acids is 1. The molecule has 1 aliphatic heterocycles. The molecule has 0 bridgehead atoms. The third-order valence-electron chi connectivity index (χ3n) is 6.26. The van der Waals surface area contributed by atoms with E-state index in [0.717, 1.165) is 10.0 Å². The number of hydrogen-bond acceptors (Lipinski definition) is 4. The second-order valence-electron chi connectivity index (χ2n) is 9.47. The van der Waals surface area contributed by atoms with Gasteiger partial charge in [-0.15, -0.1) is 0 Å². The van der Waals surface area contributed by atoms with E-state index >= 15 is 0 Å². The number of carbonyl (C=O) groups is 1. The van der Waals surface area contributed by atoms with Gasteiger partial charge in [-0.25, -0.2) is 0 Å². The van der Waals surface area contributed by atoms with Crippen molar-refractivity contribution in [1.82, 2.24) is 0 Å². The summed E-state index contributed by atoms with van der Waals surface area (Å²) in [5.74, 6) is 0.346. The second-order valence-corrected chi connectivity index (χ2v) is 10.4. The van der Waals surface area contributed by atoms with Crippen molar-refractivity contribution in [2.45, 2.75) is 32.2 Å². The Hall–Kier alpha value is -3.38. The SMILES string of the molecule is COc1cccc(N2C(=O)c3oc4ccc(Br)cc4c(=O)c3C2c2ccc(C(C)(C)C)cc2)c1. The molecule has 34 heavy (non-hydrogen) atoms. The van der Waals surface area contributed by atoms with Crippen LogP contribution in [0.5, 0.6) is 5.75 Å². The summed E-state index contributed by atoms with van der Waals surface area (Å²) in [5.41, 5.74) is 3.14. The Labute approximate surface area is 206 Å². The van der Waals surface area contributed by atoms with E-state index in [1.165, 1.54) is 5.56 Å². The van der Waals surface area contributed by atoms with Crippen LogP contribution in [0.2, 0.25) is 0 Å². The highest BCUT2D eigenvalue weighted by Gasteiger charge is 2.43. The van der Waals surface area contributed by atoms with E-state index < -0.39 is 6.04 Å². The van der Waals surface area contributed by atoms with Crippen molar-refractivity contribution < 1.29 is 13.9 Å². The number of amides is 1. The van der Waals surface area contributed by atoms with Crippen molar-refractivity contribution in [1.29, 1.82) is 0 Å². The van der Waals surface area contributed by atoms with Crippen LogP contribution in [0.15, 0.2) is 80.4 Å². The summed E-state index contributed by atoms with van der Waals surface area (Å²) in [7, 11) is 1.58. The van der Waals surface area contributed by atoms with E-state index in [1.54, 1.807) is 36.3 Å². The number of ether oxygens (including phenoxy) is 1. The minimum Gasteiger partial charge on any atom is -0.497 e. The van der Waals surface area contributed by atoms with E-state index in [-0.39, 0.29) is 22.5 Å². The number of benzene rings is 3. The standard InChI is InChI=1S/C28H24BrNO4/c1-28(2,3)17-10-8-16(9-11-17)24-23-25(31)21-14-18(29)12-13-22(21)34-26(23)27(32)30(24)19-6-5-7-20(15-19)33-4/h5-15,24H,1-4H3. The Bertz CT molecular complexity index is 1480. The zero-order valence-electron chi connectivity index (χ0n) is 19.4. The lowest BCUT2D eigenvalue weighted by molar-refractivity contribution is 0.0971. The van der Waals surface area contributed by atoms with Crippen LogP contribution in [0.3, 0.4) is 0 Å². The molecule has 4 aromatic rings. The number of hydrogen-bond donors (Lipinski definition) is 0. The highest BCUT2D eigenvalue weighted by atomic mass is 79.9. The molecule has 6 heteroatoms. The first-order chi connectivity index (χ1) is 16.2. The maximum atomic E-state index is 13.7. The van der Waals surface area contributed by atoms with Gasteiger partial charge in [-0.3, -0.25) is 14.5 Å². The van der Waals surface area contributed by atoms with E-state index in [4.69, 9.17) is 9.15 Å². The normalized spacial score (nSPS) is 15.6. The van der Waals surface area contributed by atoms with Gasteiger partial charge < -0.3 is 9.15 Å². The number of rotatable bonds is 3. The van der Waals surface area contributed by atoms with Gasteiger partial charge in [0, 0.05) is 16.2 Å². The van der Waals surface area contributed by atoms with Crippen molar-refractivity contribution >= 4 is 38.5 Å².